The normalized spacial score (nSPS) is 10.8. The number of hydrogen-bond donors (Lipinski definition) is 1. The third-order valence-corrected chi connectivity index (χ3v) is 5.27. The lowest BCUT2D eigenvalue weighted by Gasteiger charge is -2.06. The van der Waals surface area contributed by atoms with Crippen LogP contribution in [0.3, 0.4) is 0 Å². The molecule has 2 aromatic heterocycles. The van der Waals surface area contributed by atoms with Crippen molar-refractivity contribution >= 4 is 33.1 Å². The first-order valence-corrected chi connectivity index (χ1v) is 8.69. The van der Waals surface area contributed by atoms with Gasteiger partial charge in [-0.1, -0.05) is 6.07 Å². The molecular formula is C19H14N4O2S. The highest BCUT2D eigenvalue weighted by molar-refractivity contribution is 7.22. The SMILES string of the molecule is Cc1c(-c2ccnc(N)n2)sc2ccc(Oc3cccc(N=O)c3)cc12. The summed E-state index contributed by atoms with van der Waals surface area (Å²) in [6.07, 6.45) is 1.66. The Hall–Kier alpha value is -3.32. The molecule has 0 fully saturated rings. The number of nitroso groups, excluding NO2 is 1. The van der Waals surface area contributed by atoms with Crippen LogP contribution in [0.4, 0.5) is 11.6 Å². The van der Waals surface area contributed by atoms with Crippen molar-refractivity contribution in [3.05, 3.63) is 65.2 Å². The minimum Gasteiger partial charge on any atom is -0.457 e. The van der Waals surface area contributed by atoms with E-state index in [1.807, 2.05) is 31.2 Å². The summed E-state index contributed by atoms with van der Waals surface area (Å²) in [4.78, 5) is 20.0. The second kappa shape index (κ2) is 6.53. The molecule has 0 unspecified atom stereocenters. The molecule has 0 aliphatic heterocycles. The summed E-state index contributed by atoms with van der Waals surface area (Å²) in [5, 5.41) is 4.02. The first kappa shape index (κ1) is 16.2. The van der Waals surface area contributed by atoms with Gasteiger partial charge in [-0.05, 0) is 59.4 Å². The fourth-order valence-corrected chi connectivity index (χ4v) is 3.91. The molecule has 0 amide bonds. The molecule has 0 aliphatic rings. The summed E-state index contributed by atoms with van der Waals surface area (Å²) in [6.45, 7) is 2.05. The van der Waals surface area contributed by atoms with E-state index in [4.69, 9.17) is 10.5 Å². The molecule has 0 aliphatic carbocycles. The van der Waals surface area contributed by atoms with E-state index in [0.717, 1.165) is 26.2 Å². The Morgan fingerprint density at radius 2 is 1.96 bits per heavy atom. The zero-order valence-corrected chi connectivity index (χ0v) is 14.7. The van der Waals surface area contributed by atoms with E-state index < -0.39 is 0 Å². The molecule has 2 N–H and O–H groups in total. The maximum absolute atomic E-state index is 10.7. The fourth-order valence-electron chi connectivity index (χ4n) is 2.75. The van der Waals surface area contributed by atoms with Gasteiger partial charge < -0.3 is 10.5 Å². The number of nitrogens with two attached hydrogens (primary N) is 1. The lowest BCUT2D eigenvalue weighted by atomic mass is 10.1. The second-order valence-corrected chi connectivity index (χ2v) is 6.76. The Bertz CT molecular complexity index is 1120. The summed E-state index contributed by atoms with van der Waals surface area (Å²) in [5.41, 5.74) is 7.96. The van der Waals surface area contributed by atoms with Crippen LogP contribution in [0.2, 0.25) is 0 Å². The first-order chi connectivity index (χ1) is 12.6. The van der Waals surface area contributed by atoms with E-state index in [9.17, 15) is 4.91 Å². The van der Waals surface area contributed by atoms with Crippen molar-refractivity contribution in [1.82, 2.24) is 9.97 Å². The quantitative estimate of drug-likeness (QED) is 0.488. The maximum atomic E-state index is 10.7. The number of nitrogens with zero attached hydrogens (tertiary/aromatic N) is 3. The maximum Gasteiger partial charge on any atom is 0.220 e. The first-order valence-electron chi connectivity index (χ1n) is 7.87. The smallest absolute Gasteiger partial charge is 0.220 e. The minimum absolute atomic E-state index is 0.257. The molecule has 0 radical (unpaired) electrons. The molecule has 4 rings (SSSR count). The lowest BCUT2D eigenvalue weighted by molar-refractivity contribution is 0.483. The summed E-state index contributed by atoms with van der Waals surface area (Å²) in [6, 6.07) is 14.5. The van der Waals surface area contributed by atoms with Crippen LogP contribution in [0.5, 0.6) is 11.5 Å². The second-order valence-electron chi connectivity index (χ2n) is 5.70. The number of thiophene rings is 1. The highest BCUT2D eigenvalue weighted by Crippen LogP contribution is 2.39. The van der Waals surface area contributed by atoms with E-state index in [1.54, 1.807) is 41.8 Å². The minimum atomic E-state index is 0.257. The molecule has 0 spiro atoms. The van der Waals surface area contributed by atoms with Crippen LogP contribution in [-0.2, 0) is 0 Å². The van der Waals surface area contributed by atoms with Gasteiger partial charge in [0.05, 0.1) is 10.6 Å². The topological polar surface area (TPSA) is 90.5 Å². The monoisotopic (exact) mass is 362 g/mol. The van der Waals surface area contributed by atoms with E-state index in [0.29, 0.717) is 17.2 Å². The van der Waals surface area contributed by atoms with Crippen molar-refractivity contribution < 1.29 is 4.74 Å². The van der Waals surface area contributed by atoms with E-state index >= 15 is 0 Å². The number of benzene rings is 2. The predicted octanol–water partition coefficient (Wildman–Crippen LogP) is 5.44. The van der Waals surface area contributed by atoms with Crippen molar-refractivity contribution in [2.45, 2.75) is 6.92 Å². The van der Waals surface area contributed by atoms with Gasteiger partial charge >= 0.3 is 0 Å². The van der Waals surface area contributed by atoms with Crippen molar-refractivity contribution in [2.24, 2.45) is 5.18 Å². The van der Waals surface area contributed by atoms with Gasteiger partial charge in [0.1, 0.15) is 17.2 Å². The molecule has 7 heteroatoms. The average molecular weight is 362 g/mol. The molecule has 6 nitrogen and oxygen atoms in total. The van der Waals surface area contributed by atoms with Crippen molar-refractivity contribution in [3.8, 4) is 22.1 Å². The van der Waals surface area contributed by atoms with Crippen LogP contribution < -0.4 is 10.5 Å². The van der Waals surface area contributed by atoms with Gasteiger partial charge in [0.25, 0.3) is 0 Å². The molecule has 0 bridgehead atoms. The van der Waals surface area contributed by atoms with Gasteiger partial charge in [-0.25, -0.2) is 9.97 Å². The Kier molecular flexibility index (Phi) is 4.06. The van der Waals surface area contributed by atoms with Gasteiger partial charge in [0.15, 0.2) is 0 Å². The van der Waals surface area contributed by atoms with Gasteiger partial charge in [0, 0.05) is 17.0 Å². The number of hydrogen-bond acceptors (Lipinski definition) is 7. The molecule has 2 heterocycles. The molecule has 2 aromatic carbocycles. The summed E-state index contributed by atoms with van der Waals surface area (Å²) in [7, 11) is 0. The number of nitrogen functional groups attached to an aromatic ring is 1. The van der Waals surface area contributed by atoms with Crippen molar-refractivity contribution in [1.29, 1.82) is 0 Å². The van der Waals surface area contributed by atoms with Crippen LogP contribution in [0.1, 0.15) is 5.56 Å². The molecule has 0 saturated heterocycles. The standard InChI is InChI=1S/C19H14N4O2S/c1-11-15-10-14(25-13-4-2-3-12(9-13)23-24)5-6-17(15)26-18(11)16-7-8-21-19(20)22-16/h2-10H,1H3,(H2,20,21,22). The third kappa shape index (κ3) is 3.00. The molecule has 26 heavy (non-hydrogen) atoms. The third-order valence-electron chi connectivity index (χ3n) is 3.97. The number of anilines is 1. The molecule has 0 saturated carbocycles. The van der Waals surface area contributed by atoms with Crippen molar-refractivity contribution in [2.75, 3.05) is 5.73 Å². The molecular weight excluding hydrogens is 348 g/mol. The van der Waals surface area contributed by atoms with E-state index in [-0.39, 0.29) is 5.95 Å². The van der Waals surface area contributed by atoms with Crippen LogP contribution in [0, 0.1) is 11.8 Å². The number of ether oxygens (including phenoxy) is 1. The summed E-state index contributed by atoms with van der Waals surface area (Å²) >= 11 is 1.65. The summed E-state index contributed by atoms with van der Waals surface area (Å²) in [5.74, 6) is 1.51. The van der Waals surface area contributed by atoms with Gasteiger partial charge in [-0.2, -0.15) is 0 Å². The highest BCUT2D eigenvalue weighted by atomic mass is 32.1. The largest absolute Gasteiger partial charge is 0.457 e. The van der Waals surface area contributed by atoms with Gasteiger partial charge in [0.2, 0.25) is 5.95 Å². The molecule has 0 atom stereocenters. The van der Waals surface area contributed by atoms with Gasteiger partial charge in [-0.3, -0.25) is 0 Å². The Balaban J connectivity index is 1.73. The fraction of sp³-hybridized carbons (Fsp3) is 0.0526. The Morgan fingerprint density at radius 3 is 2.77 bits per heavy atom. The average Bonchev–Trinajstić information content (AvgIpc) is 2.98. The van der Waals surface area contributed by atoms with Crippen LogP contribution in [0.15, 0.2) is 59.9 Å². The Morgan fingerprint density at radius 1 is 1.12 bits per heavy atom. The van der Waals surface area contributed by atoms with E-state index in [2.05, 4.69) is 15.1 Å². The highest BCUT2D eigenvalue weighted by Gasteiger charge is 2.13. The van der Waals surface area contributed by atoms with Crippen LogP contribution in [0.25, 0.3) is 20.7 Å². The lowest BCUT2D eigenvalue weighted by Crippen LogP contribution is -1.94. The molecule has 128 valence electrons. The molecule has 4 aromatic rings. The van der Waals surface area contributed by atoms with E-state index in [1.165, 1.54) is 0 Å². The Labute approximate surface area is 153 Å². The van der Waals surface area contributed by atoms with Crippen LogP contribution in [-0.4, -0.2) is 9.97 Å². The zero-order valence-electron chi connectivity index (χ0n) is 13.8. The zero-order chi connectivity index (χ0) is 18.1. The number of aryl methyl sites for hydroxylation is 1. The van der Waals surface area contributed by atoms with Gasteiger partial charge in [-0.15, -0.1) is 16.2 Å². The number of aromatic nitrogens is 2. The van der Waals surface area contributed by atoms with Crippen molar-refractivity contribution in [3.63, 3.8) is 0 Å². The number of rotatable bonds is 4. The number of fused-ring (bicyclic) bond motifs is 1. The van der Waals surface area contributed by atoms with Crippen LogP contribution >= 0.6 is 11.3 Å². The predicted molar refractivity (Wildman–Crippen MR) is 104 cm³/mol. The summed E-state index contributed by atoms with van der Waals surface area (Å²) < 4.78 is 7.01.